The summed E-state index contributed by atoms with van der Waals surface area (Å²) in [5.74, 6) is 0.861. The van der Waals surface area contributed by atoms with E-state index in [2.05, 4.69) is 9.97 Å². The Labute approximate surface area is 87.7 Å². The Morgan fingerprint density at radius 1 is 1.36 bits per heavy atom. The van der Waals surface area contributed by atoms with Crippen LogP contribution in [0.5, 0.6) is 0 Å². The van der Waals surface area contributed by atoms with E-state index in [1.54, 1.807) is 0 Å². The molecule has 4 heteroatoms. The van der Waals surface area contributed by atoms with Crippen molar-refractivity contribution in [2.24, 2.45) is 7.05 Å². The Balaban J connectivity index is 2.74. The van der Waals surface area contributed by atoms with E-state index in [1.807, 2.05) is 37.6 Å². The molecule has 0 saturated carbocycles. The maximum atomic E-state index is 6.01. The molecule has 0 bridgehead atoms. The van der Waals surface area contributed by atoms with Gasteiger partial charge in [-0.2, -0.15) is 0 Å². The number of imidazole rings is 1. The van der Waals surface area contributed by atoms with Crippen molar-refractivity contribution in [3.8, 4) is 0 Å². The molecule has 2 aromatic heterocycles. The summed E-state index contributed by atoms with van der Waals surface area (Å²) in [6.07, 6.45) is 0. The molecular formula is C10H12ClN3. The standard InChI is InChI=1S/C10H12ClN3/c1-6-4-5-8-10(12-6)14(3)9(13-8)7(2)11/h4-5,7H,1-3H3. The minimum Gasteiger partial charge on any atom is -0.315 e. The minimum absolute atomic E-state index is 0.0884. The first-order valence-corrected chi connectivity index (χ1v) is 4.97. The summed E-state index contributed by atoms with van der Waals surface area (Å²) < 4.78 is 1.94. The van der Waals surface area contributed by atoms with Crippen molar-refractivity contribution in [2.75, 3.05) is 0 Å². The maximum Gasteiger partial charge on any atom is 0.160 e. The molecule has 0 amide bonds. The monoisotopic (exact) mass is 209 g/mol. The zero-order valence-electron chi connectivity index (χ0n) is 8.45. The molecule has 2 heterocycles. The van der Waals surface area contributed by atoms with Crippen LogP contribution >= 0.6 is 11.6 Å². The highest BCUT2D eigenvalue weighted by Gasteiger charge is 2.12. The average molecular weight is 210 g/mol. The topological polar surface area (TPSA) is 30.7 Å². The van der Waals surface area contributed by atoms with Gasteiger partial charge in [0.1, 0.15) is 11.3 Å². The fraction of sp³-hybridized carbons (Fsp3) is 0.400. The molecule has 1 unspecified atom stereocenters. The van der Waals surface area contributed by atoms with Gasteiger partial charge in [0.15, 0.2) is 5.65 Å². The predicted octanol–water partition coefficient (Wildman–Crippen LogP) is 2.58. The van der Waals surface area contributed by atoms with Gasteiger partial charge in [0.2, 0.25) is 0 Å². The molecule has 0 spiro atoms. The van der Waals surface area contributed by atoms with Gasteiger partial charge in [-0.3, -0.25) is 0 Å². The lowest BCUT2D eigenvalue weighted by molar-refractivity contribution is 0.804. The van der Waals surface area contributed by atoms with Crippen LogP contribution in [0.1, 0.15) is 23.8 Å². The van der Waals surface area contributed by atoms with Gasteiger partial charge in [-0.15, -0.1) is 11.6 Å². The minimum atomic E-state index is -0.0884. The summed E-state index contributed by atoms with van der Waals surface area (Å²) in [5.41, 5.74) is 2.79. The number of fused-ring (bicyclic) bond motifs is 1. The van der Waals surface area contributed by atoms with Gasteiger partial charge in [0.25, 0.3) is 0 Å². The van der Waals surface area contributed by atoms with Crippen LogP contribution in [0, 0.1) is 6.92 Å². The number of aryl methyl sites for hydroxylation is 2. The van der Waals surface area contributed by atoms with Crippen molar-refractivity contribution in [3.05, 3.63) is 23.7 Å². The van der Waals surface area contributed by atoms with E-state index in [4.69, 9.17) is 11.6 Å². The number of hydrogen-bond acceptors (Lipinski definition) is 2. The summed E-state index contributed by atoms with van der Waals surface area (Å²) in [6.45, 7) is 3.88. The second-order valence-corrected chi connectivity index (χ2v) is 4.10. The first-order chi connectivity index (χ1) is 6.59. The lowest BCUT2D eigenvalue weighted by atomic mass is 10.3. The number of nitrogens with zero attached hydrogens (tertiary/aromatic N) is 3. The molecular weight excluding hydrogens is 198 g/mol. The zero-order chi connectivity index (χ0) is 10.3. The SMILES string of the molecule is Cc1ccc2nc(C(C)Cl)n(C)c2n1. The highest BCUT2D eigenvalue weighted by Crippen LogP contribution is 2.22. The van der Waals surface area contributed by atoms with Gasteiger partial charge >= 0.3 is 0 Å². The molecule has 2 aromatic rings. The van der Waals surface area contributed by atoms with Crippen molar-refractivity contribution >= 4 is 22.8 Å². The lowest BCUT2D eigenvalue weighted by Crippen LogP contribution is -1.98. The van der Waals surface area contributed by atoms with E-state index in [9.17, 15) is 0 Å². The van der Waals surface area contributed by atoms with E-state index in [0.717, 1.165) is 22.7 Å². The highest BCUT2D eigenvalue weighted by molar-refractivity contribution is 6.20. The number of aromatic nitrogens is 3. The number of hydrogen-bond donors (Lipinski definition) is 0. The normalized spacial score (nSPS) is 13.4. The van der Waals surface area contributed by atoms with Gasteiger partial charge in [-0.1, -0.05) is 0 Å². The summed E-state index contributed by atoms with van der Waals surface area (Å²) in [7, 11) is 1.94. The van der Waals surface area contributed by atoms with Crippen LogP contribution in [-0.4, -0.2) is 14.5 Å². The third-order valence-corrected chi connectivity index (χ3v) is 2.44. The molecule has 0 aliphatic rings. The van der Waals surface area contributed by atoms with E-state index in [0.29, 0.717) is 0 Å². The van der Waals surface area contributed by atoms with E-state index in [-0.39, 0.29) is 5.38 Å². The number of pyridine rings is 1. The molecule has 2 rings (SSSR count). The Bertz CT molecular complexity index is 473. The van der Waals surface area contributed by atoms with Gasteiger partial charge in [0.05, 0.1) is 5.38 Å². The van der Waals surface area contributed by atoms with E-state index >= 15 is 0 Å². The van der Waals surface area contributed by atoms with Crippen LogP contribution < -0.4 is 0 Å². The molecule has 0 aliphatic heterocycles. The van der Waals surface area contributed by atoms with Crippen LogP contribution in [-0.2, 0) is 7.05 Å². The predicted molar refractivity (Wildman–Crippen MR) is 57.5 cm³/mol. The van der Waals surface area contributed by atoms with Crippen molar-refractivity contribution in [1.82, 2.24) is 14.5 Å². The van der Waals surface area contributed by atoms with Crippen LogP contribution in [0.2, 0.25) is 0 Å². The van der Waals surface area contributed by atoms with E-state index in [1.165, 1.54) is 0 Å². The molecule has 0 aliphatic carbocycles. The maximum absolute atomic E-state index is 6.01. The van der Waals surface area contributed by atoms with Gasteiger partial charge in [0, 0.05) is 12.7 Å². The molecule has 74 valence electrons. The van der Waals surface area contributed by atoms with Crippen LogP contribution in [0.25, 0.3) is 11.2 Å². The fourth-order valence-corrected chi connectivity index (χ4v) is 1.73. The molecule has 0 aromatic carbocycles. The van der Waals surface area contributed by atoms with Crippen molar-refractivity contribution in [3.63, 3.8) is 0 Å². The zero-order valence-corrected chi connectivity index (χ0v) is 9.21. The molecule has 1 atom stereocenters. The van der Waals surface area contributed by atoms with Crippen LogP contribution in [0.4, 0.5) is 0 Å². The summed E-state index contributed by atoms with van der Waals surface area (Å²) >= 11 is 6.01. The third-order valence-electron chi connectivity index (χ3n) is 2.25. The van der Waals surface area contributed by atoms with E-state index < -0.39 is 0 Å². The highest BCUT2D eigenvalue weighted by atomic mass is 35.5. The third kappa shape index (κ3) is 1.38. The van der Waals surface area contributed by atoms with Gasteiger partial charge < -0.3 is 4.57 Å². The molecule has 14 heavy (non-hydrogen) atoms. The van der Waals surface area contributed by atoms with Crippen LogP contribution in [0.3, 0.4) is 0 Å². The average Bonchev–Trinajstić information content (AvgIpc) is 2.44. The van der Waals surface area contributed by atoms with Gasteiger partial charge in [-0.25, -0.2) is 9.97 Å². The second-order valence-electron chi connectivity index (χ2n) is 3.44. The first kappa shape index (κ1) is 9.46. The first-order valence-electron chi connectivity index (χ1n) is 4.53. The van der Waals surface area contributed by atoms with Crippen molar-refractivity contribution < 1.29 is 0 Å². The van der Waals surface area contributed by atoms with Crippen molar-refractivity contribution in [1.29, 1.82) is 0 Å². The summed E-state index contributed by atoms with van der Waals surface area (Å²) in [6, 6.07) is 3.93. The smallest absolute Gasteiger partial charge is 0.160 e. The fourth-order valence-electron chi connectivity index (χ4n) is 1.53. The molecule has 0 saturated heterocycles. The number of rotatable bonds is 1. The Kier molecular flexibility index (Phi) is 2.19. The molecule has 3 nitrogen and oxygen atoms in total. The summed E-state index contributed by atoms with van der Waals surface area (Å²) in [5, 5.41) is -0.0884. The van der Waals surface area contributed by atoms with Gasteiger partial charge in [-0.05, 0) is 26.0 Å². The largest absolute Gasteiger partial charge is 0.315 e. The number of halogens is 1. The van der Waals surface area contributed by atoms with Crippen LogP contribution in [0.15, 0.2) is 12.1 Å². The molecule has 0 N–H and O–H groups in total. The second kappa shape index (κ2) is 3.24. The number of alkyl halides is 1. The van der Waals surface area contributed by atoms with Crippen molar-refractivity contribution in [2.45, 2.75) is 19.2 Å². The Morgan fingerprint density at radius 2 is 2.07 bits per heavy atom. The Morgan fingerprint density at radius 3 is 2.71 bits per heavy atom. The lowest BCUT2D eigenvalue weighted by Gasteiger charge is -2.02. The quantitative estimate of drug-likeness (QED) is 0.676. The Hall–Kier alpha value is -1.09. The molecule has 0 fully saturated rings. The summed E-state index contributed by atoms with van der Waals surface area (Å²) in [4.78, 5) is 8.84. The molecule has 0 radical (unpaired) electrons.